The van der Waals surface area contributed by atoms with E-state index in [1.54, 1.807) is 36.2 Å². The van der Waals surface area contributed by atoms with Gasteiger partial charge < -0.3 is 20.4 Å². The van der Waals surface area contributed by atoms with Gasteiger partial charge in [0.2, 0.25) is 6.17 Å². The summed E-state index contributed by atoms with van der Waals surface area (Å²) >= 11 is 0. The highest BCUT2D eigenvalue weighted by molar-refractivity contribution is 6.14. The normalized spacial score (nSPS) is 19.7. The average Bonchev–Trinajstić information content (AvgIpc) is 2.86. The Morgan fingerprint density at radius 2 is 1.63 bits per heavy atom. The van der Waals surface area contributed by atoms with Crippen molar-refractivity contribution in [3.8, 4) is 0 Å². The molecular weight excluding hydrogens is 380 g/mol. The molecule has 8 nitrogen and oxygen atoms in total. The second-order valence-electron chi connectivity index (χ2n) is 7.57. The molecule has 0 unspecified atom stereocenters. The van der Waals surface area contributed by atoms with Crippen molar-refractivity contribution in [1.82, 2.24) is 9.80 Å². The number of para-hydroxylation sites is 2. The van der Waals surface area contributed by atoms with Gasteiger partial charge in [-0.3, -0.25) is 9.69 Å². The van der Waals surface area contributed by atoms with Gasteiger partial charge >= 0.3 is 6.03 Å². The molecule has 2 N–H and O–H groups in total. The van der Waals surface area contributed by atoms with E-state index in [0.717, 1.165) is 37.4 Å². The van der Waals surface area contributed by atoms with Crippen molar-refractivity contribution >= 4 is 29.1 Å². The maximum atomic E-state index is 13.5. The zero-order valence-electron chi connectivity index (χ0n) is 17.2. The SMILES string of the molecule is CN1CCN(C2=N[C@H](N(C(N)=O)c3ccccc3)C(=O)N(C)c3ccccc32)CC1. The lowest BCUT2D eigenvalue weighted by atomic mass is 10.1. The molecule has 4 rings (SSSR count). The highest BCUT2D eigenvalue weighted by Gasteiger charge is 2.37. The first-order valence-electron chi connectivity index (χ1n) is 9.99. The smallest absolute Gasteiger partial charge is 0.321 e. The van der Waals surface area contributed by atoms with Crippen LogP contribution in [0, 0.1) is 0 Å². The van der Waals surface area contributed by atoms with Crippen molar-refractivity contribution in [3.05, 3.63) is 60.2 Å². The fraction of sp³-hybridized carbons (Fsp3) is 0.318. The van der Waals surface area contributed by atoms with Crippen LogP contribution in [0.2, 0.25) is 0 Å². The molecule has 3 amide bonds. The number of urea groups is 1. The number of anilines is 2. The number of primary amides is 1. The largest absolute Gasteiger partial charge is 0.354 e. The molecule has 0 aromatic heterocycles. The molecule has 2 heterocycles. The number of carbonyl (C=O) groups excluding carboxylic acids is 2. The Kier molecular flexibility index (Phi) is 5.41. The van der Waals surface area contributed by atoms with Gasteiger partial charge in [0.1, 0.15) is 5.84 Å². The second kappa shape index (κ2) is 8.16. The minimum atomic E-state index is -1.09. The fourth-order valence-corrected chi connectivity index (χ4v) is 3.90. The molecule has 0 aliphatic carbocycles. The van der Waals surface area contributed by atoms with Gasteiger partial charge in [-0.05, 0) is 31.3 Å². The summed E-state index contributed by atoms with van der Waals surface area (Å²) in [5.41, 5.74) is 7.90. The number of rotatable bonds is 2. The number of carbonyl (C=O) groups is 2. The van der Waals surface area contributed by atoms with Crippen LogP contribution in [-0.2, 0) is 4.79 Å². The van der Waals surface area contributed by atoms with Gasteiger partial charge in [-0.2, -0.15) is 0 Å². The van der Waals surface area contributed by atoms with E-state index in [-0.39, 0.29) is 5.91 Å². The quantitative estimate of drug-likeness (QED) is 0.820. The van der Waals surface area contributed by atoms with E-state index < -0.39 is 12.2 Å². The first-order valence-corrected chi connectivity index (χ1v) is 9.99. The third kappa shape index (κ3) is 3.61. The minimum absolute atomic E-state index is 0.311. The van der Waals surface area contributed by atoms with Crippen LogP contribution >= 0.6 is 0 Å². The summed E-state index contributed by atoms with van der Waals surface area (Å²) < 4.78 is 0. The predicted octanol–water partition coefficient (Wildman–Crippen LogP) is 1.57. The van der Waals surface area contributed by atoms with Crippen molar-refractivity contribution in [2.24, 2.45) is 10.7 Å². The fourth-order valence-electron chi connectivity index (χ4n) is 3.90. The topological polar surface area (TPSA) is 85.5 Å². The zero-order chi connectivity index (χ0) is 21.3. The summed E-state index contributed by atoms with van der Waals surface area (Å²) in [4.78, 5) is 38.0. The third-order valence-corrected chi connectivity index (χ3v) is 5.62. The molecule has 2 aliphatic rings. The molecule has 0 bridgehead atoms. The summed E-state index contributed by atoms with van der Waals surface area (Å²) in [6.45, 7) is 3.37. The Morgan fingerprint density at radius 3 is 2.30 bits per heavy atom. The van der Waals surface area contributed by atoms with Crippen molar-refractivity contribution in [3.63, 3.8) is 0 Å². The molecule has 8 heteroatoms. The summed E-state index contributed by atoms with van der Waals surface area (Å²) in [6, 6.07) is 15.9. The Morgan fingerprint density at radius 1 is 1.00 bits per heavy atom. The predicted molar refractivity (Wildman–Crippen MR) is 118 cm³/mol. The van der Waals surface area contributed by atoms with Crippen molar-refractivity contribution in [2.45, 2.75) is 6.17 Å². The zero-order valence-corrected chi connectivity index (χ0v) is 17.2. The van der Waals surface area contributed by atoms with Crippen molar-refractivity contribution in [1.29, 1.82) is 0 Å². The number of amidine groups is 1. The average molecular weight is 406 g/mol. The molecule has 0 spiro atoms. The van der Waals surface area contributed by atoms with E-state index in [4.69, 9.17) is 10.7 Å². The molecule has 0 radical (unpaired) electrons. The monoisotopic (exact) mass is 406 g/mol. The lowest BCUT2D eigenvalue weighted by molar-refractivity contribution is -0.119. The second-order valence-corrected chi connectivity index (χ2v) is 7.57. The van der Waals surface area contributed by atoms with Crippen molar-refractivity contribution in [2.75, 3.05) is 50.1 Å². The highest BCUT2D eigenvalue weighted by Crippen LogP contribution is 2.29. The van der Waals surface area contributed by atoms with Crippen LogP contribution in [0.3, 0.4) is 0 Å². The maximum absolute atomic E-state index is 13.5. The Balaban J connectivity index is 1.85. The molecular formula is C22H26N6O2. The van der Waals surface area contributed by atoms with Gasteiger partial charge in [0.15, 0.2) is 0 Å². The molecule has 30 heavy (non-hydrogen) atoms. The van der Waals surface area contributed by atoms with E-state index >= 15 is 0 Å². The van der Waals surface area contributed by atoms with Gasteiger partial charge in [0.25, 0.3) is 5.91 Å². The van der Waals surface area contributed by atoms with E-state index in [0.29, 0.717) is 11.5 Å². The number of nitrogens with zero attached hydrogens (tertiary/aromatic N) is 5. The van der Waals surface area contributed by atoms with E-state index in [1.165, 1.54) is 4.90 Å². The number of benzene rings is 2. The molecule has 1 saturated heterocycles. The molecule has 0 saturated carbocycles. The Hall–Kier alpha value is -3.39. The molecule has 2 aromatic rings. The molecule has 1 fully saturated rings. The number of nitrogens with two attached hydrogens (primary N) is 1. The Labute approximate surface area is 176 Å². The number of benzodiazepines with no additional fused rings is 1. The van der Waals surface area contributed by atoms with Crippen LogP contribution < -0.4 is 15.5 Å². The number of amides is 3. The molecule has 2 aliphatic heterocycles. The lowest BCUT2D eigenvalue weighted by Crippen LogP contribution is -2.52. The van der Waals surface area contributed by atoms with Gasteiger partial charge in [0, 0.05) is 44.5 Å². The first-order chi connectivity index (χ1) is 14.5. The molecule has 1 atom stereocenters. The van der Waals surface area contributed by atoms with Crippen LogP contribution in [0.4, 0.5) is 16.2 Å². The number of hydrogen-bond donors (Lipinski definition) is 1. The van der Waals surface area contributed by atoms with Crippen molar-refractivity contribution < 1.29 is 9.59 Å². The van der Waals surface area contributed by atoms with E-state index in [9.17, 15) is 9.59 Å². The molecule has 2 aromatic carbocycles. The van der Waals surface area contributed by atoms with Crippen LogP contribution in [0.15, 0.2) is 59.6 Å². The number of fused-ring (bicyclic) bond motifs is 1. The number of hydrogen-bond acceptors (Lipinski definition) is 5. The summed E-state index contributed by atoms with van der Waals surface area (Å²) in [6.07, 6.45) is -1.09. The Bertz CT molecular complexity index is 969. The van der Waals surface area contributed by atoms with Gasteiger partial charge in [0.05, 0.1) is 5.69 Å². The highest BCUT2D eigenvalue weighted by atomic mass is 16.2. The van der Waals surface area contributed by atoms with Gasteiger partial charge in [-0.1, -0.05) is 30.3 Å². The molecule has 156 valence electrons. The standard InChI is InChI=1S/C22H26N6O2/c1-25-12-14-27(15-13-25)19-17-10-6-7-11-18(17)26(2)21(29)20(24-19)28(22(23)30)16-8-4-3-5-9-16/h3-11,20H,12-15H2,1-2H3,(H2,23,30)/t20-/m1/s1. The summed E-state index contributed by atoms with van der Waals surface area (Å²) in [7, 11) is 3.80. The van der Waals surface area contributed by atoms with Crippen LogP contribution in [0.25, 0.3) is 0 Å². The number of likely N-dealkylation sites (N-methyl/N-ethyl adjacent to an activating group) is 2. The van der Waals surface area contributed by atoms with Gasteiger partial charge in [-0.15, -0.1) is 0 Å². The van der Waals surface area contributed by atoms with Crippen LogP contribution in [0.1, 0.15) is 5.56 Å². The summed E-state index contributed by atoms with van der Waals surface area (Å²) in [5, 5.41) is 0. The lowest BCUT2D eigenvalue weighted by Gasteiger charge is -2.35. The van der Waals surface area contributed by atoms with E-state index in [2.05, 4.69) is 16.8 Å². The summed E-state index contributed by atoms with van der Waals surface area (Å²) in [5.74, 6) is 0.401. The first kappa shape index (κ1) is 19.9. The maximum Gasteiger partial charge on any atom is 0.321 e. The number of piperazine rings is 1. The minimum Gasteiger partial charge on any atom is -0.354 e. The third-order valence-electron chi connectivity index (χ3n) is 5.62. The van der Waals surface area contributed by atoms with Gasteiger partial charge in [-0.25, -0.2) is 9.79 Å². The van der Waals surface area contributed by atoms with Crippen LogP contribution in [-0.4, -0.2) is 74.0 Å². The van der Waals surface area contributed by atoms with Crippen LogP contribution in [0.5, 0.6) is 0 Å². The number of aliphatic imine (C=N–C) groups is 1. The van der Waals surface area contributed by atoms with E-state index in [1.807, 2.05) is 30.3 Å².